The Bertz CT molecular complexity index is 3420. The zero-order valence-electron chi connectivity index (χ0n) is 54.0. The average molecular weight is 1370 g/mol. The number of nitrogens with one attached hydrogen (secondary N) is 1. The number of nitrogens with zero attached hydrogens (tertiary/aromatic N) is 2. The van der Waals surface area contributed by atoms with Gasteiger partial charge in [0, 0.05) is 42.1 Å². The summed E-state index contributed by atoms with van der Waals surface area (Å²) in [4.78, 5) is 4.69. The molecule has 3 aliphatic rings. The standard InChI is InChI=1S/C29H33F3N.C22H31N.C19H17N.C10H16BrF3.BrH/c1-22(27-18-8-15-25-14-5-6-17-28(25)27)33(21-24-10-3-2-4-11-24)19-9-13-23-12-7-16-26(20-23)29(30,31)32;1-17-8-5-9-19(16-17)10-7-15-23-18(2)21-14-6-12-20-11-3-4-13-22(20)21;1-15(20-14-16-8-3-2-4-9-16)18-13-7-11-17-10-5-6-12-19(17)18;11-6-2-4-8-3-1-5-9(7-8)10(12,13)14;/h2-6,8,10-11,14-15,17-18,21-23,26H,7,9,12-13,16,19-20H2,1H3;3-4,6,11-14,17-19,23H,5,7-10,15-16H2,1-2H3;2-15H,1H3;8-9H,1-7H2;1H/q+1;;;;/p-1/t22-,23?,26?;17?,18-,19?;15-;;/m111../s1. The van der Waals surface area contributed by atoms with E-state index in [9.17, 15) is 26.3 Å². The molecule has 3 fully saturated rings. The summed E-state index contributed by atoms with van der Waals surface area (Å²) in [6.07, 6.45) is 13.0. The van der Waals surface area contributed by atoms with E-state index in [1.165, 1.54) is 87.5 Å². The van der Waals surface area contributed by atoms with E-state index >= 15 is 0 Å². The largest absolute Gasteiger partial charge is 1.00 e. The van der Waals surface area contributed by atoms with Crippen LogP contribution in [-0.4, -0.2) is 47.8 Å². The Balaban J connectivity index is 0.000000179. The maximum absolute atomic E-state index is 13.2. The van der Waals surface area contributed by atoms with Gasteiger partial charge in [0.15, 0.2) is 12.3 Å². The van der Waals surface area contributed by atoms with Gasteiger partial charge >= 0.3 is 12.4 Å². The van der Waals surface area contributed by atoms with Crippen LogP contribution in [0.5, 0.6) is 0 Å². The minimum absolute atomic E-state index is 0. The predicted molar refractivity (Wildman–Crippen MR) is 371 cm³/mol. The zero-order valence-corrected chi connectivity index (χ0v) is 57.2. The Labute approximate surface area is 558 Å². The number of halogens is 8. The van der Waals surface area contributed by atoms with Crippen molar-refractivity contribution in [3.05, 3.63) is 216 Å². The lowest BCUT2D eigenvalue weighted by atomic mass is 9.79. The fraction of sp³-hybridized carbons (Fsp3) is 0.450. The number of fused-ring (bicyclic) bond motifs is 3. The molecule has 1 N–H and O–H groups in total. The van der Waals surface area contributed by atoms with E-state index < -0.39 is 24.2 Å². The molecule has 0 bridgehead atoms. The van der Waals surface area contributed by atoms with E-state index in [1.54, 1.807) is 0 Å². The number of benzene rings is 8. The van der Waals surface area contributed by atoms with Crippen LogP contribution in [0.1, 0.15) is 189 Å². The van der Waals surface area contributed by atoms with Gasteiger partial charge in [-0.25, -0.2) is 4.58 Å². The first kappa shape index (κ1) is 72.8. The van der Waals surface area contributed by atoms with Gasteiger partial charge in [0.05, 0.1) is 17.9 Å². The third kappa shape index (κ3) is 23.1. The van der Waals surface area contributed by atoms with Crippen LogP contribution < -0.4 is 22.3 Å². The quantitative estimate of drug-likeness (QED) is 0.0282. The molecule has 11 heteroatoms. The molecule has 0 aromatic heterocycles. The lowest BCUT2D eigenvalue weighted by molar-refractivity contribution is -0.564. The van der Waals surface area contributed by atoms with Crippen LogP contribution >= 0.6 is 15.9 Å². The van der Waals surface area contributed by atoms with Gasteiger partial charge in [-0.05, 0) is 169 Å². The lowest BCUT2D eigenvalue weighted by Crippen LogP contribution is -3.00. The summed E-state index contributed by atoms with van der Waals surface area (Å²) in [5, 5.41) is 12.4. The molecule has 11 rings (SSSR count). The molecule has 9 atom stereocenters. The van der Waals surface area contributed by atoms with Gasteiger partial charge in [0.25, 0.3) is 0 Å². The van der Waals surface area contributed by atoms with Gasteiger partial charge in [0.2, 0.25) is 0 Å². The smallest absolute Gasteiger partial charge is 0.391 e. The molecule has 488 valence electrons. The van der Waals surface area contributed by atoms with Crippen molar-refractivity contribution >= 4 is 60.7 Å². The van der Waals surface area contributed by atoms with Gasteiger partial charge < -0.3 is 22.3 Å². The molecule has 3 aliphatic carbocycles. The fourth-order valence-corrected chi connectivity index (χ4v) is 14.5. The third-order valence-corrected chi connectivity index (χ3v) is 19.8. The van der Waals surface area contributed by atoms with E-state index in [4.69, 9.17) is 0 Å². The number of rotatable bonds is 19. The van der Waals surface area contributed by atoms with E-state index in [1.807, 2.05) is 42.6 Å². The van der Waals surface area contributed by atoms with Crippen molar-refractivity contribution in [1.82, 2.24) is 5.32 Å². The molecular formula is C80H97Br2F6N3. The van der Waals surface area contributed by atoms with Gasteiger partial charge in [-0.2, -0.15) is 26.3 Å². The van der Waals surface area contributed by atoms with E-state index in [-0.39, 0.29) is 35.0 Å². The number of hydrogen-bond acceptors (Lipinski definition) is 2. The Hall–Kier alpha value is -5.62. The van der Waals surface area contributed by atoms with Gasteiger partial charge in [0.1, 0.15) is 6.54 Å². The van der Waals surface area contributed by atoms with Crippen LogP contribution in [0.3, 0.4) is 0 Å². The summed E-state index contributed by atoms with van der Waals surface area (Å²) >= 11 is 3.31. The van der Waals surface area contributed by atoms with Gasteiger partial charge in [-0.3, -0.25) is 4.99 Å². The van der Waals surface area contributed by atoms with Gasteiger partial charge in [-0.1, -0.05) is 244 Å². The Morgan fingerprint density at radius 3 is 1.45 bits per heavy atom. The normalized spacial score (nSPS) is 20.6. The highest BCUT2D eigenvalue weighted by atomic mass is 79.9. The van der Waals surface area contributed by atoms with E-state index in [0.29, 0.717) is 44.1 Å². The van der Waals surface area contributed by atoms with Crippen molar-refractivity contribution in [3.8, 4) is 0 Å². The topological polar surface area (TPSA) is 27.4 Å². The number of alkyl halides is 7. The highest BCUT2D eigenvalue weighted by Crippen LogP contribution is 2.43. The molecule has 0 spiro atoms. The summed E-state index contributed by atoms with van der Waals surface area (Å²) in [7, 11) is 0. The Morgan fingerprint density at radius 1 is 0.495 bits per heavy atom. The average Bonchev–Trinajstić information content (AvgIpc) is 1.35. The summed E-state index contributed by atoms with van der Waals surface area (Å²) in [6.45, 7) is 11.0. The molecule has 91 heavy (non-hydrogen) atoms. The summed E-state index contributed by atoms with van der Waals surface area (Å²) in [5.41, 5.74) is 6.25. The van der Waals surface area contributed by atoms with Crippen molar-refractivity contribution in [2.45, 2.75) is 174 Å². The first-order valence-electron chi connectivity index (χ1n) is 33.6. The molecule has 8 aromatic carbocycles. The highest BCUT2D eigenvalue weighted by molar-refractivity contribution is 9.09. The molecule has 0 radical (unpaired) electrons. The van der Waals surface area contributed by atoms with Crippen LogP contribution in [0, 0.1) is 35.5 Å². The van der Waals surface area contributed by atoms with Crippen molar-refractivity contribution < 1.29 is 47.9 Å². The second kappa shape index (κ2) is 37.3. The highest BCUT2D eigenvalue weighted by Gasteiger charge is 2.43. The predicted octanol–water partition coefficient (Wildman–Crippen LogP) is 20.8. The molecule has 6 unspecified atom stereocenters. The minimum atomic E-state index is -4.05. The first-order valence-corrected chi connectivity index (χ1v) is 34.8. The van der Waals surface area contributed by atoms with Crippen LogP contribution in [0.25, 0.3) is 32.3 Å². The van der Waals surface area contributed by atoms with Crippen LogP contribution in [0.2, 0.25) is 0 Å². The molecule has 0 heterocycles. The fourth-order valence-electron chi connectivity index (χ4n) is 14.2. The maximum Gasteiger partial charge on any atom is 0.391 e. The van der Waals surface area contributed by atoms with Crippen molar-refractivity contribution in [2.75, 3.05) is 18.4 Å². The minimum Gasteiger partial charge on any atom is -1.00 e. The lowest BCUT2D eigenvalue weighted by Gasteiger charge is -2.30. The molecule has 0 amide bonds. The summed E-state index contributed by atoms with van der Waals surface area (Å²) in [6, 6.07) is 66.3. The molecule has 0 saturated heterocycles. The number of aliphatic imine (C=N–C) groups is 1. The van der Waals surface area contributed by atoms with Crippen LogP contribution in [0.4, 0.5) is 26.3 Å². The van der Waals surface area contributed by atoms with Crippen LogP contribution in [-0.2, 0) is 0 Å². The summed E-state index contributed by atoms with van der Waals surface area (Å²) in [5.74, 6) is 0.267. The molecule has 3 nitrogen and oxygen atoms in total. The Kier molecular flexibility index (Phi) is 29.9. The van der Waals surface area contributed by atoms with E-state index in [2.05, 4.69) is 216 Å². The van der Waals surface area contributed by atoms with Crippen LogP contribution in [0.15, 0.2) is 193 Å². The molecule has 3 saturated carbocycles. The SMILES string of the molecule is CC1CCCC(CCCN[C@H](C)c2cccc3ccccc23)C1.C[C@@H](N=Cc1ccccc1)c1cccc2ccccc12.C[C@H](c1cccc2ccccc12)[N+](=Cc1ccccc1)CCCC1CCCC(C(F)(F)F)C1.FC(F)(F)C1CCCC(CCCBr)C1.[Br-]. The van der Waals surface area contributed by atoms with Gasteiger partial charge in [-0.15, -0.1) is 0 Å². The summed E-state index contributed by atoms with van der Waals surface area (Å²) < 4.78 is 79.3. The first-order chi connectivity index (χ1) is 43.5. The van der Waals surface area contributed by atoms with Crippen molar-refractivity contribution in [2.24, 2.45) is 40.5 Å². The number of hydrogen-bond donors (Lipinski definition) is 1. The van der Waals surface area contributed by atoms with Crippen molar-refractivity contribution in [3.63, 3.8) is 0 Å². The second-order valence-electron chi connectivity index (χ2n) is 26.0. The maximum atomic E-state index is 13.2. The second-order valence-corrected chi connectivity index (χ2v) is 26.8. The third-order valence-electron chi connectivity index (χ3n) is 19.2. The van der Waals surface area contributed by atoms with Crippen molar-refractivity contribution in [1.29, 1.82) is 0 Å². The zero-order chi connectivity index (χ0) is 63.7. The van der Waals surface area contributed by atoms with E-state index in [0.717, 1.165) is 86.3 Å². The Morgan fingerprint density at radius 2 is 0.923 bits per heavy atom. The molecular weight excluding hydrogens is 1280 g/mol. The molecule has 8 aromatic rings. The molecule has 0 aliphatic heterocycles. The monoisotopic (exact) mass is 1370 g/mol.